The Kier molecular flexibility index (Phi) is 4.01. The lowest BCUT2D eigenvalue weighted by Crippen LogP contribution is -2.37. The zero-order chi connectivity index (χ0) is 14.7. The quantitative estimate of drug-likeness (QED) is 0.810. The summed E-state index contributed by atoms with van der Waals surface area (Å²) in [6.45, 7) is 4.93. The predicted molar refractivity (Wildman–Crippen MR) is 80.7 cm³/mol. The van der Waals surface area contributed by atoms with Gasteiger partial charge in [0.2, 0.25) is 0 Å². The molecule has 0 atom stereocenters. The fourth-order valence-corrected chi connectivity index (χ4v) is 2.48. The molecule has 1 fully saturated rings. The van der Waals surface area contributed by atoms with Crippen LogP contribution in [-0.4, -0.2) is 43.9 Å². The van der Waals surface area contributed by atoms with Crippen molar-refractivity contribution in [1.82, 2.24) is 4.98 Å². The molecule has 0 spiro atoms. The summed E-state index contributed by atoms with van der Waals surface area (Å²) < 4.78 is 10.5. The molecule has 2 aromatic rings. The van der Waals surface area contributed by atoms with Crippen molar-refractivity contribution in [2.45, 2.75) is 6.92 Å². The van der Waals surface area contributed by atoms with E-state index in [-0.39, 0.29) is 5.97 Å². The lowest BCUT2D eigenvalue weighted by Gasteiger charge is -2.29. The third kappa shape index (κ3) is 2.83. The molecule has 0 unspecified atom stereocenters. The number of aromatic nitrogens is 1. The highest BCUT2D eigenvalue weighted by Gasteiger charge is 2.22. The summed E-state index contributed by atoms with van der Waals surface area (Å²) in [6.07, 6.45) is 0. The van der Waals surface area contributed by atoms with Crippen molar-refractivity contribution in [3.8, 4) is 0 Å². The van der Waals surface area contributed by atoms with E-state index >= 15 is 0 Å². The average molecular weight is 286 g/mol. The lowest BCUT2D eigenvalue weighted by atomic mass is 10.1. The van der Waals surface area contributed by atoms with Gasteiger partial charge < -0.3 is 14.4 Å². The van der Waals surface area contributed by atoms with Crippen LogP contribution >= 0.6 is 0 Å². The zero-order valence-electron chi connectivity index (χ0n) is 12.0. The predicted octanol–water partition coefficient (Wildman–Crippen LogP) is 2.25. The maximum absolute atomic E-state index is 12.2. The fraction of sp³-hybridized carbons (Fsp3) is 0.375. The van der Waals surface area contributed by atoms with Crippen molar-refractivity contribution in [1.29, 1.82) is 0 Å². The number of para-hydroxylation sites is 1. The molecule has 1 aliphatic heterocycles. The summed E-state index contributed by atoms with van der Waals surface area (Å²) in [5, 5.41) is 0.942. The summed E-state index contributed by atoms with van der Waals surface area (Å²) in [4.78, 5) is 19.0. The number of carbonyl (C=O) groups excluding carboxylic acids is 1. The molecule has 1 aromatic heterocycles. The molecular weight excluding hydrogens is 268 g/mol. The number of hydrogen-bond donors (Lipinski definition) is 0. The Morgan fingerprint density at radius 2 is 2.10 bits per heavy atom. The largest absolute Gasteiger partial charge is 0.462 e. The van der Waals surface area contributed by atoms with Gasteiger partial charge in [-0.25, -0.2) is 9.78 Å². The molecule has 0 aliphatic carbocycles. The van der Waals surface area contributed by atoms with Gasteiger partial charge in [-0.15, -0.1) is 0 Å². The third-order valence-electron chi connectivity index (χ3n) is 3.51. The molecule has 0 bridgehead atoms. The number of pyridine rings is 1. The number of benzene rings is 1. The number of anilines is 1. The summed E-state index contributed by atoms with van der Waals surface area (Å²) in [5.41, 5.74) is 1.41. The van der Waals surface area contributed by atoms with Gasteiger partial charge in [0.25, 0.3) is 0 Å². The Bertz CT molecular complexity index is 651. The van der Waals surface area contributed by atoms with Gasteiger partial charge in [0, 0.05) is 18.5 Å². The molecule has 5 heteroatoms. The highest BCUT2D eigenvalue weighted by atomic mass is 16.5. The van der Waals surface area contributed by atoms with E-state index in [9.17, 15) is 4.79 Å². The molecule has 2 heterocycles. The molecule has 0 amide bonds. The maximum atomic E-state index is 12.2. The van der Waals surface area contributed by atoms with Crippen LogP contribution in [0.1, 0.15) is 17.3 Å². The van der Waals surface area contributed by atoms with Crippen LogP contribution in [-0.2, 0) is 9.47 Å². The number of hydrogen-bond acceptors (Lipinski definition) is 5. The second-order valence-electron chi connectivity index (χ2n) is 4.87. The summed E-state index contributed by atoms with van der Waals surface area (Å²) in [6, 6.07) is 9.66. The SMILES string of the molecule is CCOC(=O)c1cc2ccccc2nc1N1CCOCC1. The topological polar surface area (TPSA) is 51.7 Å². The molecular formula is C16H18N2O3. The Morgan fingerprint density at radius 1 is 1.33 bits per heavy atom. The van der Waals surface area contributed by atoms with Crippen molar-refractivity contribution >= 4 is 22.7 Å². The first-order valence-corrected chi connectivity index (χ1v) is 7.19. The van der Waals surface area contributed by atoms with Crippen LogP contribution in [0.25, 0.3) is 10.9 Å². The van der Waals surface area contributed by atoms with Gasteiger partial charge >= 0.3 is 5.97 Å². The van der Waals surface area contributed by atoms with Crippen LogP contribution in [0, 0.1) is 0 Å². The van der Waals surface area contributed by atoms with Crippen LogP contribution in [0.2, 0.25) is 0 Å². The molecule has 5 nitrogen and oxygen atoms in total. The molecule has 3 rings (SSSR count). The Hall–Kier alpha value is -2.14. The highest BCUT2D eigenvalue weighted by Crippen LogP contribution is 2.25. The van der Waals surface area contributed by atoms with E-state index < -0.39 is 0 Å². The van der Waals surface area contributed by atoms with Crippen LogP contribution in [0.3, 0.4) is 0 Å². The summed E-state index contributed by atoms with van der Waals surface area (Å²) >= 11 is 0. The van der Waals surface area contributed by atoms with Gasteiger partial charge in [-0.3, -0.25) is 0 Å². The van der Waals surface area contributed by atoms with Crippen molar-refractivity contribution < 1.29 is 14.3 Å². The number of morpholine rings is 1. The normalized spacial score (nSPS) is 15.2. The number of esters is 1. The van der Waals surface area contributed by atoms with E-state index in [2.05, 4.69) is 9.88 Å². The molecule has 1 aromatic carbocycles. The molecule has 1 saturated heterocycles. The van der Waals surface area contributed by atoms with Crippen LogP contribution in [0.4, 0.5) is 5.82 Å². The van der Waals surface area contributed by atoms with Gasteiger partial charge in [0.05, 0.1) is 25.3 Å². The van der Waals surface area contributed by atoms with Gasteiger partial charge in [0.15, 0.2) is 0 Å². The Labute approximate surface area is 123 Å². The van der Waals surface area contributed by atoms with Gasteiger partial charge in [-0.2, -0.15) is 0 Å². The zero-order valence-corrected chi connectivity index (χ0v) is 12.0. The molecule has 0 N–H and O–H groups in total. The van der Waals surface area contributed by atoms with E-state index in [0.717, 1.165) is 24.0 Å². The smallest absolute Gasteiger partial charge is 0.341 e. The second kappa shape index (κ2) is 6.10. The van der Waals surface area contributed by atoms with Crippen LogP contribution < -0.4 is 4.90 Å². The summed E-state index contributed by atoms with van der Waals surface area (Å²) in [7, 11) is 0. The number of rotatable bonds is 3. The van der Waals surface area contributed by atoms with Crippen molar-refractivity contribution in [3.05, 3.63) is 35.9 Å². The Morgan fingerprint density at radius 3 is 2.86 bits per heavy atom. The molecule has 110 valence electrons. The minimum atomic E-state index is -0.322. The number of ether oxygens (including phenoxy) is 2. The Balaban J connectivity index is 2.09. The molecule has 0 radical (unpaired) electrons. The van der Waals surface area contributed by atoms with Gasteiger partial charge in [-0.05, 0) is 19.1 Å². The first-order valence-electron chi connectivity index (χ1n) is 7.19. The molecule has 0 saturated carbocycles. The number of nitrogens with zero attached hydrogens (tertiary/aromatic N) is 2. The number of fused-ring (bicyclic) bond motifs is 1. The molecule has 1 aliphatic rings. The molecule has 21 heavy (non-hydrogen) atoms. The van der Waals surface area contributed by atoms with Crippen molar-refractivity contribution in [2.24, 2.45) is 0 Å². The minimum Gasteiger partial charge on any atom is -0.462 e. The van der Waals surface area contributed by atoms with Gasteiger partial charge in [-0.1, -0.05) is 18.2 Å². The maximum Gasteiger partial charge on any atom is 0.341 e. The van der Waals surface area contributed by atoms with Crippen molar-refractivity contribution in [2.75, 3.05) is 37.8 Å². The first kappa shape index (κ1) is 13.8. The summed E-state index contributed by atoms with van der Waals surface area (Å²) in [5.74, 6) is 0.368. The van der Waals surface area contributed by atoms with Crippen molar-refractivity contribution in [3.63, 3.8) is 0 Å². The van der Waals surface area contributed by atoms with E-state index in [1.165, 1.54) is 0 Å². The highest BCUT2D eigenvalue weighted by molar-refractivity contribution is 5.99. The third-order valence-corrected chi connectivity index (χ3v) is 3.51. The van der Waals surface area contributed by atoms with E-state index in [1.54, 1.807) is 6.92 Å². The number of carbonyl (C=O) groups is 1. The fourth-order valence-electron chi connectivity index (χ4n) is 2.48. The monoisotopic (exact) mass is 286 g/mol. The van der Waals surface area contributed by atoms with Crippen LogP contribution in [0.15, 0.2) is 30.3 Å². The van der Waals surface area contributed by atoms with Gasteiger partial charge in [0.1, 0.15) is 11.4 Å². The standard InChI is InChI=1S/C16H18N2O3/c1-2-21-16(19)13-11-12-5-3-4-6-14(12)17-15(13)18-7-9-20-10-8-18/h3-6,11H,2,7-10H2,1H3. The first-order chi connectivity index (χ1) is 10.3. The van der Waals surface area contributed by atoms with E-state index in [0.29, 0.717) is 31.2 Å². The minimum absolute atomic E-state index is 0.322. The average Bonchev–Trinajstić information content (AvgIpc) is 2.54. The lowest BCUT2D eigenvalue weighted by molar-refractivity contribution is 0.0526. The van der Waals surface area contributed by atoms with Crippen LogP contribution in [0.5, 0.6) is 0 Å². The second-order valence-corrected chi connectivity index (χ2v) is 4.87. The van der Waals surface area contributed by atoms with E-state index in [1.807, 2.05) is 30.3 Å². The van der Waals surface area contributed by atoms with E-state index in [4.69, 9.17) is 9.47 Å².